The number of benzene rings is 2. The van der Waals surface area contributed by atoms with Crippen molar-refractivity contribution in [3.05, 3.63) is 45.4 Å². The Morgan fingerprint density at radius 1 is 1.00 bits per heavy atom. The van der Waals surface area contributed by atoms with Crippen LogP contribution in [0.4, 0.5) is 0 Å². The summed E-state index contributed by atoms with van der Waals surface area (Å²) >= 11 is 12.3. The maximum absolute atomic E-state index is 10.7. The summed E-state index contributed by atoms with van der Waals surface area (Å²) in [5.41, 5.74) is 3.87. The molecule has 0 unspecified atom stereocenters. The molecule has 0 saturated heterocycles. The third kappa shape index (κ3) is 3.75. The number of nitrogens with zero attached hydrogens (tertiary/aromatic N) is 3. The number of unbranched alkanes of at least 4 members (excludes halogenated alkanes) is 1. The highest BCUT2D eigenvalue weighted by Crippen LogP contribution is 2.31. The molecule has 0 bridgehead atoms. The lowest BCUT2D eigenvalue weighted by atomic mass is 10.0. The van der Waals surface area contributed by atoms with Gasteiger partial charge in [-0.1, -0.05) is 56.0 Å². The smallest absolute Gasteiger partial charge is 0.146 e. The normalized spacial score (nSPS) is 11.4. The summed E-state index contributed by atoms with van der Waals surface area (Å²) in [6, 6.07) is 7.41. The first-order valence-electron chi connectivity index (χ1n) is 8.60. The Morgan fingerprint density at radius 2 is 1.80 bits per heavy atom. The minimum atomic E-state index is 0.227. The van der Waals surface area contributed by atoms with Gasteiger partial charge in [-0.15, -0.1) is 15.0 Å². The minimum Gasteiger partial charge on any atom is -0.505 e. The Balaban J connectivity index is 2.14. The number of hydrogen-bond acceptors (Lipinski definition) is 3. The van der Waals surface area contributed by atoms with Crippen molar-refractivity contribution in [3.8, 4) is 11.4 Å². The first-order valence-corrected chi connectivity index (χ1v) is 9.36. The van der Waals surface area contributed by atoms with E-state index in [1.807, 2.05) is 6.07 Å². The molecule has 3 aromatic rings. The Morgan fingerprint density at radius 3 is 2.52 bits per heavy atom. The highest BCUT2D eigenvalue weighted by atomic mass is 35.5. The third-order valence-electron chi connectivity index (χ3n) is 4.19. The molecule has 0 radical (unpaired) electrons. The van der Waals surface area contributed by atoms with Crippen molar-refractivity contribution in [3.63, 3.8) is 0 Å². The molecule has 1 aromatic heterocycles. The summed E-state index contributed by atoms with van der Waals surface area (Å²) in [6.07, 6.45) is 4.96. The van der Waals surface area contributed by atoms with Gasteiger partial charge in [0.25, 0.3) is 0 Å². The van der Waals surface area contributed by atoms with Crippen LogP contribution >= 0.6 is 23.2 Å². The molecular weight excluding hydrogens is 357 g/mol. The molecule has 0 aliphatic carbocycles. The second-order valence-electron chi connectivity index (χ2n) is 6.22. The van der Waals surface area contributed by atoms with E-state index in [2.05, 4.69) is 30.1 Å². The Bertz CT molecular complexity index is 905. The lowest BCUT2D eigenvalue weighted by molar-refractivity contribution is 0.459. The predicted molar refractivity (Wildman–Crippen MR) is 103 cm³/mol. The number of fused-ring (bicyclic) bond motifs is 1. The van der Waals surface area contributed by atoms with Crippen LogP contribution in [0.15, 0.2) is 24.3 Å². The van der Waals surface area contributed by atoms with E-state index in [1.165, 1.54) is 10.4 Å². The van der Waals surface area contributed by atoms with Crippen molar-refractivity contribution in [2.24, 2.45) is 0 Å². The molecule has 0 atom stereocenters. The Labute approximate surface area is 157 Å². The second-order valence-corrected chi connectivity index (χ2v) is 7.06. The van der Waals surface area contributed by atoms with Gasteiger partial charge in [0, 0.05) is 5.02 Å². The van der Waals surface area contributed by atoms with Crippen LogP contribution in [0, 0.1) is 0 Å². The number of phenolic OH excluding ortho intramolecular Hbond substituents is 1. The second kappa shape index (κ2) is 7.63. The van der Waals surface area contributed by atoms with Gasteiger partial charge in [-0.3, -0.25) is 0 Å². The maximum atomic E-state index is 10.7. The number of aryl methyl sites for hydroxylation is 2. The van der Waals surface area contributed by atoms with E-state index in [0.717, 1.165) is 37.7 Å². The molecular formula is C19H21Cl2N3O. The monoisotopic (exact) mass is 377 g/mol. The fourth-order valence-corrected chi connectivity index (χ4v) is 3.45. The van der Waals surface area contributed by atoms with E-state index in [-0.39, 0.29) is 5.75 Å². The summed E-state index contributed by atoms with van der Waals surface area (Å²) < 4.78 is 0. The molecule has 1 heterocycles. The van der Waals surface area contributed by atoms with Gasteiger partial charge >= 0.3 is 0 Å². The van der Waals surface area contributed by atoms with Crippen molar-refractivity contribution in [2.45, 2.75) is 46.0 Å². The van der Waals surface area contributed by atoms with Gasteiger partial charge in [-0.25, -0.2) is 0 Å². The van der Waals surface area contributed by atoms with Crippen molar-refractivity contribution < 1.29 is 5.11 Å². The van der Waals surface area contributed by atoms with E-state index < -0.39 is 0 Å². The number of phenols is 1. The summed E-state index contributed by atoms with van der Waals surface area (Å²) in [5.74, 6) is 0.227. The summed E-state index contributed by atoms with van der Waals surface area (Å²) in [7, 11) is 0. The number of aromatic hydroxyl groups is 1. The van der Waals surface area contributed by atoms with Crippen molar-refractivity contribution in [2.75, 3.05) is 0 Å². The summed E-state index contributed by atoms with van der Waals surface area (Å²) in [4.78, 5) is 1.46. The first kappa shape index (κ1) is 18.0. The van der Waals surface area contributed by atoms with Crippen molar-refractivity contribution in [1.29, 1.82) is 0 Å². The predicted octanol–water partition coefficient (Wildman–Crippen LogP) is 5.73. The fourth-order valence-electron chi connectivity index (χ4n) is 2.93. The zero-order valence-electron chi connectivity index (χ0n) is 14.4. The van der Waals surface area contributed by atoms with Crippen LogP contribution in [-0.4, -0.2) is 20.1 Å². The zero-order chi connectivity index (χ0) is 18.0. The molecule has 25 heavy (non-hydrogen) atoms. The molecule has 1 N–H and O–H groups in total. The number of aromatic nitrogens is 3. The molecule has 3 rings (SSSR count). The largest absolute Gasteiger partial charge is 0.505 e. The standard InChI is InChI=1S/C19H21Cl2N3O/c1-3-5-7-12-8-13(6-4-2)19(25)17(9-12)24-22-16-11-14(20)10-15(21)18(16)23-24/h8-11,25H,3-7H2,1-2H3. The van der Waals surface area contributed by atoms with Gasteiger partial charge in [0.2, 0.25) is 0 Å². The fraction of sp³-hybridized carbons (Fsp3) is 0.368. The van der Waals surface area contributed by atoms with E-state index in [9.17, 15) is 5.11 Å². The minimum absolute atomic E-state index is 0.227. The average molecular weight is 378 g/mol. The van der Waals surface area contributed by atoms with Crippen LogP contribution < -0.4 is 0 Å². The van der Waals surface area contributed by atoms with E-state index >= 15 is 0 Å². The van der Waals surface area contributed by atoms with Gasteiger partial charge in [0.1, 0.15) is 22.5 Å². The van der Waals surface area contributed by atoms with Crippen LogP contribution in [0.5, 0.6) is 5.75 Å². The highest BCUT2D eigenvalue weighted by molar-refractivity contribution is 6.38. The van der Waals surface area contributed by atoms with Gasteiger partial charge in [-0.05, 0) is 48.6 Å². The van der Waals surface area contributed by atoms with Gasteiger partial charge in [0.05, 0.1) is 5.02 Å². The highest BCUT2D eigenvalue weighted by Gasteiger charge is 2.16. The molecule has 0 aliphatic rings. The molecule has 4 nitrogen and oxygen atoms in total. The van der Waals surface area contributed by atoms with Crippen LogP contribution in [0.1, 0.15) is 44.2 Å². The van der Waals surface area contributed by atoms with E-state index in [4.69, 9.17) is 23.2 Å². The van der Waals surface area contributed by atoms with Gasteiger partial charge in [0.15, 0.2) is 0 Å². The summed E-state index contributed by atoms with van der Waals surface area (Å²) in [5, 5.41) is 20.6. The molecule has 0 spiro atoms. The zero-order valence-corrected chi connectivity index (χ0v) is 15.9. The number of hydrogen-bond donors (Lipinski definition) is 1. The Hall–Kier alpha value is -1.78. The molecule has 0 aliphatic heterocycles. The molecule has 0 saturated carbocycles. The van der Waals surface area contributed by atoms with E-state index in [1.54, 1.807) is 12.1 Å². The number of halogens is 2. The van der Waals surface area contributed by atoms with Crippen molar-refractivity contribution >= 4 is 34.2 Å². The molecule has 6 heteroatoms. The van der Waals surface area contributed by atoms with Crippen molar-refractivity contribution in [1.82, 2.24) is 15.0 Å². The molecule has 0 amide bonds. The van der Waals surface area contributed by atoms with E-state index in [0.29, 0.717) is 26.8 Å². The lowest BCUT2D eigenvalue weighted by Gasteiger charge is -2.12. The first-order chi connectivity index (χ1) is 12.0. The van der Waals surface area contributed by atoms with Crippen LogP contribution in [0.25, 0.3) is 16.7 Å². The third-order valence-corrected chi connectivity index (χ3v) is 4.69. The average Bonchev–Trinajstić information content (AvgIpc) is 2.99. The SMILES string of the molecule is CCCCc1cc(CCC)c(O)c(-n2nc3cc(Cl)cc(Cl)c3n2)c1. The molecule has 0 fully saturated rings. The molecule has 2 aromatic carbocycles. The molecule has 132 valence electrons. The van der Waals surface area contributed by atoms with Crippen LogP contribution in [-0.2, 0) is 12.8 Å². The lowest BCUT2D eigenvalue weighted by Crippen LogP contribution is -2.03. The Kier molecular flexibility index (Phi) is 5.50. The number of rotatable bonds is 6. The van der Waals surface area contributed by atoms with Gasteiger partial charge < -0.3 is 5.11 Å². The maximum Gasteiger partial charge on any atom is 0.146 e. The van der Waals surface area contributed by atoms with Gasteiger partial charge in [-0.2, -0.15) is 0 Å². The van der Waals surface area contributed by atoms with Crippen LogP contribution in [0.3, 0.4) is 0 Å². The topological polar surface area (TPSA) is 50.9 Å². The quantitative estimate of drug-likeness (QED) is 0.596. The van der Waals surface area contributed by atoms with Crippen LogP contribution in [0.2, 0.25) is 10.0 Å². The summed E-state index contributed by atoms with van der Waals surface area (Å²) in [6.45, 7) is 4.27.